The van der Waals surface area contributed by atoms with Gasteiger partial charge in [-0.3, -0.25) is 9.59 Å². The zero-order valence-corrected chi connectivity index (χ0v) is 17.7. The largest absolute Gasteiger partial charge is 0.351 e. The lowest BCUT2D eigenvalue weighted by Gasteiger charge is -2.08. The number of thiophene rings is 1. The molecule has 6 heteroatoms. The number of anilines is 1. The molecule has 2 aromatic carbocycles. The number of rotatable bonds is 6. The van der Waals surface area contributed by atoms with Crippen LogP contribution in [0.1, 0.15) is 32.6 Å². The molecule has 0 aliphatic carbocycles. The predicted molar refractivity (Wildman–Crippen MR) is 116 cm³/mol. The maximum Gasteiger partial charge on any atom is 0.265 e. The minimum atomic E-state index is -0.144. The van der Waals surface area contributed by atoms with Gasteiger partial charge in [-0.2, -0.15) is 0 Å². The Bertz CT molecular complexity index is 994. The molecule has 3 aromatic rings. The molecule has 3 rings (SSSR count). The van der Waals surface area contributed by atoms with Crippen LogP contribution in [-0.2, 0) is 11.3 Å². The third-order valence-corrected chi connectivity index (χ3v) is 6.33. The number of hydrogen-bond acceptors (Lipinski definition) is 4. The summed E-state index contributed by atoms with van der Waals surface area (Å²) in [5, 5.41) is 5.66. The second kappa shape index (κ2) is 9.08. The third-order valence-electron chi connectivity index (χ3n) is 4.08. The number of carbonyl (C=O) groups is 2. The van der Waals surface area contributed by atoms with Crippen LogP contribution in [0.15, 0.2) is 64.4 Å². The normalized spacial score (nSPS) is 10.5. The molecule has 0 atom stereocenters. The Kier molecular flexibility index (Phi) is 6.54. The number of nitrogens with one attached hydrogen (secondary N) is 2. The molecule has 0 spiro atoms. The van der Waals surface area contributed by atoms with Gasteiger partial charge < -0.3 is 10.6 Å². The molecule has 0 fully saturated rings. The highest BCUT2D eigenvalue weighted by Crippen LogP contribution is 2.31. The van der Waals surface area contributed by atoms with Gasteiger partial charge in [0.25, 0.3) is 5.91 Å². The second-order valence-electron chi connectivity index (χ2n) is 6.53. The molecule has 4 nitrogen and oxygen atoms in total. The van der Waals surface area contributed by atoms with E-state index in [1.54, 1.807) is 17.8 Å². The van der Waals surface area contributed by atoms with Crippen LogP contribution in [0.5, 0.6) is 0 Å². The predicted octanol–water partition coefficient (Wildman–Crippen LogP) is 5.40. The van der Waals surface area contributed by atoms with Crippen LogP contribution in [-0.4, -0.2) is 11.8 Å². The average molecular weight is 411 g/mol. The lowest BCUT2D eigenvalue weighted by atomic mass is 10.2. The first kappa shape index (κ1) is 20.2. The summed E-state index contributed by atoms with van der Waals surface area (Å²) in [4.78, 5) is 27.3. The summed E-state index contributed by atoms with van der Waals surface area (Å²) in [7, 11) is 0. The van der Waals surface area contributed by atoms with Crippen molar-refractivity contribution in [1.29, 1.82) is 0 Å². The van der Waals surface area contributed by atoms with Gasteiger partial charge in [-0.25, -0.2) is 0 Å². The summed E-state index contributed by atoms with van der Waals surface area (Å²) in [5.41, 5.74) is 3.25. The fraction of sp³-hybridized carbons (Fsp3) is 0.182. The maximum atomic E-state index is 12.4. The minimum Gasteiger partial charge on any atom is -0.351 e. The summed E-state index contributed by atoms with van der Waals surface area (Å²) >= 11 is 3.10. The van der Waals surface area contributed by atoms with E-state index in [9.17, 15) is 9.59 Å². The third kappa shape index (κ3) is 5.47. The Balaban J connectivity index is 1.61. The lowest BCUT2D eigenvalue weighted by molar-refractivity contribution is -0.119. The van der Waals surface area contributed by atoms with E-state index in [-0.39, 0.29) is 11.8 Å². The average Bonchev–Trinajstić information content (AvgIpc) is 3.14. The molecule has 0 aliphatic rings. The first-order chi connectivity index (χ1) is 13.4. The molecule has 144 valence electrons. The molecule has 2 amide bonds. The van der Waals surface area contributed by atoms with Crippen LogP contribution in [0.25, 0.3) is 0 Å². The van der Waals surface area contributed by atoms with Crippen molar-refractivity contribution >= 4 is 40.6 Å². The minimum absolute atomic E-state index is 0.0850. The molecule has 1 aromatic heterocycles. The van der Waals surface area contributed by atoms with Gasteiger partial charge in [0.1, 0.15) is 0 Å². The van der Waals surface area contributed by atoms with Gasteiger partial charge in [-0.1, -0.05) is 23.9 Å². The van der Waals surface area contributed by atoms with E-state index >= 15 is 0 Å². The lowest BCUT2D eigenvalue weighted by Crippen LogP contribution is -2.18. The number of benzene rings is 2. The quantitative estimate of drug-likeness (QED) is 0.572. The number of amides is 2. The molecule has 0 saturated carbocycles. The maximum absolute atomic E-state index is 12.4. The zero-order valence-electron chi connectivity index (χ0n) is 16.0. The van der Waals surface area contributed by atoms with Crippen molar-refractivity contribution in [3.63, 3.8) is 0 Å². The van der Waals surface area contributed by atoms with Crippen molar-refractivity contribution in [2.24, 2.45) is 0 Å². The van der Waals surface area contributed by atoms with E-state index in [4.69, 9.17) is 0 Å². The number of carbonyl (C=O) groups excluding carboxylic acids is 2. The number of hydrogen-bond donors (Lipinski definition) is 2. The van der Waals surface area contributed by atoms with E-state index < -0.39 is 0 Å². The number of aryl methyl sites for hydroxylation is 2. The second-order valence-corrected chi connectivity index (χ2v) is 8.81. The molecule has 0 aliphatic heterocycles. The Morgan fingerprint density at radius 3 is 2.46 bits per heavy atom. The molecular weight excluding hydrogens is 388 g/mol. The fourth-order valence-electron chi connectivity index (χ4n) is 2.55. The SMILES string of the molecule is CC(=O)NCc1ccc(C(=O)Nc2ccc(Sc3cc(C)ccc3C)cc2)s1. The van der Waals surface area contributed by atoms with Crippen molar-refractivity contribution in [3.05, 3.63) is 75.5 Å². The molecule has 2 N–H and O–H groups in total. The van der Waals surface area contributed by atoms with E-state index in [0.29, 0.717) is 11.4 Å². The Morgan fingerprint density at radius 1 is 1.00 bits per heavy atom. The standard InChI is InChI=1S/C22H22N2O2S2/c1-14-4-5-15(2)21(12-14)27-18-8-6-17(7-9-18)24-22(26)20-11-10-19(28-20)13-23-16(3)25/h4-12H,13H2,1-3H3,(H,23,25)(H,24,26). The first-order valence-electron chi connectivity index (χ1n) is 8.90. The van der Waals surface area contributed by atoms with Crippen molar-refractivity contribution < 1.29 is 9.59 Å². The van der Waals surface area contributed by atoms with E-state index in [1.165, 1.54) is 34.3 Å². The Hall–Kier alpha value is -2.57. The van der Waals surface area contributed by atoms with Gasteiger partial charge >= 0.3 is 0 Å². The molecular formula is C22H22N2O2S2. The van der Waals surface area contributed by atoms with E-state index in [2.05, 4.69) is 42.7 Å². The van der Waals surface area contributed by atoms with Crippen LogP contribution in [0.4, 0.5) is 5.69 Å². The van der Waals surface area contributed by atoms with E-state index in [1.807, 2.05) is 30.3 Å². The van der Waals surface area contributed by atoms with Crippen LogP contribution in [0, 0.1) is 13.8 Å². The molecule has 0 radical (unpaired) electrons. The van der Waals surface area contributed by atoms with Crippen molar-refractivity contribution in [2.75, 3.05) is 5.32 Å². The molecule has 0 unspecified atom stereocenters. The smallest absolute Gasteiger partial charge is 0.265 e. The van der Waals surface area contributed by atoms with Gasteiger partial charge in [0, 0.05) is 27.3 Å². The zero-order chi connectivity index (χ0) is 20.1. The van der Waals surface area contributed by atoms with Gasteiger partial charge in [-0.05, 0) is 67.4 Å². The summed E-state index contributed by atoms with van der Waals surface area (Å²) in [6, 6.07) is 17.9. The van der Waals surface area contributed by atoms with Crippen LogP contribution < -0.4 is 10.6 Å². The first-order valence-corrected chi connectivity index (χ1v) is 10.5. The summed E-state index contributed by atoms with van der Waals surface area (Å²) in [6.07, 6.45) is 0. The van der Waals surface area contributed by atoms with Crippen LogP contribution in [0.3, 0.4) is 0 Å². The van der Waals surface area contributed by atoms with E-state index in [0.717, 1.165) is 15.5 Å². The summed E-state index contributed by atoms with van der Waals surface area (Å²) < 4.78 is 0. The van der Waals surface area contributed by atoms with Crippen molar-refractivity contribution in [1.82, 2.24) is 5.32 Å². The van der Waals surface area contributed by atoms with Crippen LogP contribution in [0.2, 0.25) is 0 Å². The highest BCUT2D eigenvalue weighted by molar-refractivity contribution is 7.99. The molecule has 28 heavy (non-hydrogen) atoms. The van der Waals surface area contributed by atoms with Crippen molar-refractivity contribution in [3.8, 4) is 0 Å². The topological polar surface area (TPSA) is 58.2 Å². The Morgan fingerprint density at radius 2 is 1.75 bits per heavy atom. The highest BCUT2D eigenvalue weighted by atomic mass is 32.2. The molecule has 0 bridgehead atoms. The van der Waals surface area contributed by atoms with Gasteiger partial charge in [0.05, 0.1) is 11.4 Å². The monoisotopic (exact) mass is 410 g/mol. The Labute approximate surface area is 173 Å². The van der Waals surface area contributed by atoms with Crippen molar-refractivity contribution in [2.45, 2.75) is 37.1 Å². The van der Waals surface area contributed by atoms with Crippen LogP contribution >= 0.6 is 23.1 Å². The molecule has 0 saturated heterocycles. The van der Waals surface area contributed by atoms with Gasteiger partial charge in [-0.15, -0.1) is 11.3 Å². The van der Waals surface area contributed by atoms with Gasteiger partial charge in [0.2, 0.25) is 5.91 Å². The fourth-order valence-corrected chi connectivity index (χ4v) is 4.39. The summed E-state index contributed by atoms with van der Waals surface area (Å²) in [5.74, 6) is -0.229. The molecule has 1 heterocycles. The summed E-state index contributed by atoms with van der Waals surface area (Å²) in [6.45, 7) is 6.12. The van der Waals surface area contributed by atoms with Gasteiger partial charge in [0.15, 0.2) is 0 Å². The highest BCUT2D eigenvalue weighted by Gasteiger charge is 2.10.